The molecule has 1 aliphatic rings. The number of aromatic amines is 1. The normalized spacial score (nSPS) is 14.4. The summed E-state index contributed by atoms with van der Waals surface area (Å²) in [4.78, 5) is 42.0. The number of amides is 1. The fraction of sp³-hybridized carbons (Fsp3) is 0.227. The Balaban J connectivity index is 1.47. The first-order chi connectivity index (χ1) is 13.5. The predicted octanol–water partition coefficient (Wildman–Crippen LogP) is 2.66. The topological polar surface area (TPSA) is 79.5 Å². The lowest BCUT2D eigenvalue weighted by Gasteiger charge is -2.30. The lowest BCUT2D eigenvalue weighted by atomic mass is 9.99. The van der Waals surface area contributed by atoms with E-state index in [1.54, 1.807) is 36.1 Å². The lowest BCUT2D eigenvalue weighted by Crippen LogP contribution is -2.42. The number of carbonyl (C=O) groups excluding carboxylic acids is 2. The fourth-order valence-corrected chi connectivity index (χ4v) is 3.52. The first kappa shape index (κ1) is 18.0. The molecule has 0 aliphatic carbocycles. The summed E-state index contributed by atoms with van der Waals surface area (Å²) in [5, 5.41) is 0.496. The minimum atomic E-state index is -0.937. The second kappa shape index (κ2) is 7.31. The van der Waals surface area contributed by atoms with Crippen LogP contribution in [0.15, 0.2) is 59.4 Å². The summed E-state index contributed by atoms with van der Waals surface area (Å²) in [6.45, 7) is 2.65. The summed E-state index contributed by atoms with van der Waals surface area (Å²) >= 11 is 0. The number of fused-ring (bicyclic) bond motifs is 2. The molecule has 1 amide bonds. The molecule has 2 heterocycles. The first-order valence-electron chi connectivity index (χ1n) is 9.21. The Bertz CT molecular complexity index is 1120. The molecule has 1 aliphatic heterocycles. The monoisotopic (exact) mass is 376 g/mol. The van der Waals surface area contributed by atoms with Crippen LogP contribution in [0.5, 0.6) is 0 Å². The number of H-pyrrole nitrogens is 1. The molecular formula is C22H20N2O4. The van der Waals surface area contributed by atoms with E-state index in [9.17, 15) is 14.4 Å². The van der Waals surface area contributed by atoms with E-state index in [2.05, 4.69) is 11.1 Å². The number of nitrogens with one attached hydrogen (secondary N) is 1. The molecule has 0 spiro atoms. The third-order valence-electron chi connectivity index (χ3n) is 5.03. The largest absolute Gasteiger partial charge is 0.448 e. The highest BCUT2D eigenvalue weighted by Crippen LogP contribution is 2.19. The molecule has 4 rings (SSSR count). The maximum absolute atomic E-state index is 12.7. The summed E-state index contributed by atoms with van der Waals surface area (Å²) in [5.74, 6) is -0.966. The van der Waals surface area contributed by atoms with Crippen LogP contribution in [-0.2, 0) is 22.5 Å². The van der Waals surface area contributed by atoms with E-state index in [1.165, 1.54) is 11.6 Å². The van der Waals surface area contributed by atoms with Gasteiger partial charge in [-0.15, -0.1) is 0 Å². The fourth-order valence-electron chi connectivity index (χ4n) is 3.52. The average Bonchev–Trinajstić information content (AvgIpc) is 2.72. The van der Waals surface area contributed by atoms with Crippen molar-refractivity contribution in [2.75, 3.05) is 6.54 Å². The number of hydrogen-bond donors (Lipinski definition) is 1. The van der Waals surface area contributed by atoms with Gasteiger partial charge in [-0.2, -0.15) is 0 Å². The molecule has 6 nitrogen and oxygen atoms in total. The van der Waals surface area contributed by atoms with Gasteiger partial charge in [0.15, 0.2) is 11.5 Å². The number of esters is 1. The highest BCUT2D eigenvalue weighted by Gasteiger charge is 2.27. The second-order valence-electron chi connectivity index (χ2n) is 6.92. The van der Waals surface area contributed by atoms with E-state index in [0.717, 1.165) is 12.0 Å². The third kappa shape index (κ3) is 3.41. The SMILES string of the molecule is C[C@@H](OC(=O)c1cc(=O)c2ccccc2[nH]1)C(=O)N1CCc2ccccc2C1. The minimum Gasteiger partial charge on any atom is -0.448 e. The average molecular weight is 376 g/mol. The molecule has 28 heavy (non-hydrogen) atoms. The third-order valence-corrected chi connectivity index (χ3v) is 5.03. The Morgan fingerprint density at radius 2 is 1.79 bits per heavy atom. The van der Waals surface area contributed by atoms with E-state index in [4.69, 9.17) is 4.74 Å². The number of aromatic nitrogens is 1. The van der Waals surface area contributed by atoms with Crippen molar-refractivity contribution in [3.8, 4) is 0 Å². The van der Waals surface area contributed by atoms with Crippen LogP contribution in [0.1, 0.15) is 28.5 Å². The van der Waals surface area contributed by atoms with Gasteiger partial charge in [0, 0.05) is 30.1 Å². The van der Waals surface area contributed by atoms with Crippen LogP contribution in [0.2, 0.25) is 0 Å². The van der Waals surface area contributed by atoms with Crippen molar-refractivity contribution >= 4 is 22.8 Å². The molecule has 0 fully saturated rings. The zero-order valence-corrected chi connectivity index (χ0v) is 15.5. The quantitative estimate of drug-likeness (QED) is 0.713. The predicted molar refractivity (Wildman–Crippen MR) is 105 cm³/mol. The number of hydrogen-bond acceptors (Lipinski definition) is 4. The van der Waals surface area contributed by atoms with Crippen LogP contribution < -0.4 is 5.43 Å². The number of ether oxygens (including phenoxy) is 1. The first-order valence-corrected chi connectivity index (χ1v) is 9.21. The van der Waals surface area contributed by atoms with E-state index < -0.39 is 12.1 Å². The summed E-state index contributed by atoms with van der Waals surface area (Å²) in [5.41, 5.74) is 2.67. The van der Waals surface area contributed by atoms with Crippen LogP contribution >= 0.6 is 0 Å². The Morgan fingerprint density at radius 3 is 2.61 bits per heavy atom. The van der Waals surface area contributed by atoms with Crippen molar-refractivity contribution in [3.63, 3.8) is 0 Å². The van der Waals surface area contributed by atoms with E-state index in [1.807, 2.05) is 18.2 Å². The molecule has 0 saturated carbocycles. The Morgan fingerprint density at radius 1 is 1.07 bits per heavy atom. The molecule has 0 saturated heterocycles. The van der Waals surface area contributed by atoms with Crippen LogP contribution in [0.3, 0.4) is 0 Å². The smallest absolute Gasteiger partial charge is 0.355 e. The Kier molecular flexibility index (Phi) is 4.69. The number of carbonyl (C=O) groups is 2. The van der Waals surface area contributed by atoms with Gasteiger partial charge in [-0.3, -0.25) is 9.59 Å². The van der Waals surface area contributed by atoms with Crippen molar-refractivity contribution in [1.29, 1.82) is 0 Å². The molecule has 1 aromatic heterocycles. The van der Waals surface area contributed by atoms with Gasteiger partial charge in [-0.05, 0) is 36.6 Å². The zero-order chi connectivity index (χ0) is 19.7. The summed E-state index contributed by atoms with van der Waals surface area (Å²) in [7, 11) is 0. The number of pyridine rings is 1. The lowest BCUT2D eigenvalue weighted by molar-refractivity contribution is -0.140. The van der Waals surface area contributed by atoms with E-state index >= 15 is 0 Å². The van der Waals surface area contributed by atoms with Crippen molar-refractivity contribution in [2.45, 2.75) is 26.0 Å². The molecule has 1 N–H and O–H groups in total. The van der Waals surface area contributed by atoms with Crippen LogP contribution in [0.25, 0.3) is 10.9 Å². The van der Waals surface area contributed by atoms with Gasteiger partial charge in [-0.1, -0.05) is 36.4 Å². The molecule has 0 unspecified atom stereocenters. The molecular weight excluding hydrogens is 356 g/mol. The van der Waals surface area contributed by atoms with Gasteiger partial charge < -0.3 is 14.6 Å². The van der Waals surface area contributed by atoms with Gasteiger partial charge in [0.1, 0.15) is 5.69 Å². The summed E-state index contributed by atoms with van der Waals surface area (Å²) in [6.07, 6.45) is -0.159. The molecule has 6 heteroatoms. The standard InChI is InChI=1S/C22H20N2O4/c1-14(21(26)24-11-10-15-6-2-3-7-16(15)13-24)28-22(27)19-12-20(25)17-8-4-5-9-18(17)23-19/h2-9,12,14H,10-11,13H2,1H3,(H,23,25)/t14-/m1/s1. The van der Waals surface area contributed by atoms with Crippen molar-refractivity contribution in [1.82, 2.24) is 9.88 Å². The van der Waals surface area contributed by atoms with Crippen LogP contribution in [-0.4, -0.2) is 34.4 Å². The van der Waals surface area contributed by atoms with Crippen LogP contribution in [0, 0.1) is 0 Å². The highest BCUT2D eigenvalue weighted by molar-refractivity contribution is 5.93. The highest BCUT2D eigenvalue weighted by atomic mass is 16.5. The number of benzene rings is 2. The molecule has 0 bridgehead atoms. The molecule has 0 radical (unpaired) electrons. The van der Waals surface area contributed by atoms with Gasteiger partial charge in [-0.25, -0.2) is 4.79 Å². The minimum absolute atomic E-state index is 0.0346. The van der Waals surface area contributed by atoms with Gasteiger partial charge >= 0.3 is 5.97 Å². The van der Waals surface area contributed by atoms with Crippen LogP contribution in [0.4, 0.5) is 0 Å². The van der Waals surface area contributed by atoms with Crippen molar-refractivity contribution < 1.29 is 14.3 Å². The summed E-state index contributed by atoms with van der Waals surface area (Å²) in [6, 6.07) is 16.1. The second-order valence-corrected chi connectivity index (χ2v) is 6.92. The Hall–Kier alpha value is -3.41. The van der Waals surface area contributed by atoms with E-state index in [0.29, 0.717) is 24.0 Å². The van der Waals surface area contributed by atoms with Crippen molar-refractivity contribution in [2.24, 2.45) is 0 Å². The van der Waals surface area contributed by atoms with E-state index in [-0.39, 0.29) is 17.0 Å². The van der Waals surface area contributed by atoms with Gasteiger partial charge in [0.25, 0.3) is 5.91 Å². The molecule has 142 valence electrons. The maximum atomic E-state index is 12.7. The maximum Gasteiger partial charge on any atom is 0.355 e. The number of rotatable bonds is 3. The molecule has 3 aromatic rings. The number of para-hydroxylation sites is 1. The zero-order valence-electron chi connectivity index (χ0n) is 15.5. The van der Waals surface area contributed by atoms with Crippen molar-refractivity contribution in [3.05, 3.63) is 81.6 Å². The Labute approximate surface area is 161 Å². The van der Waals surface area contributed by atoms with Gasteiger partial charge in [0.2, 0.25) is 0 Å². The number of nitrogens with zero attached hydrogens (tertiary/aromatic N) is 1. The molecule has 2 aromatic carbocycles. The summed E-state index contributed by atoms with van der Waals surface area (Å²) < 4.78 is 5.34. The molecule has 1 atom stereocenters. The van der Waals surface area contributed by atoms with Gasteiger partial charge in [0.05, 0.1) is 0 Å².